The number of rotatable bonds is 14. The molecule has 0 amide bonds. The smallest absolute Gasteiger partial charge is 0.347 e. The van der Waals surface area contributed by atoms with Crippen LogP contribution in [0.2, 0.25) is 0 Å². The molecule has 1 unspecified atom stereocenters. The summed E-state index contributed by atoms with van der Waals surface area (Å²) < 4.78 is 11.2. The Morgan fingerprint density at radius 2 is 1.26 bits per heavy atom. The van der Waals surface area contributed by atoms with E-state index in [2.05, 4.69) is 67.6 Å². The van der Waals surface area contributed by atoms with Gasteiger partial charge in [0.1, 0.15) is 18.1 Å². The summed E-state index contributed by atoms with van der Waals surface area (Å²) >= 11 is 0. The number of amidine groups is 1. The summed E-state index contributed by atoms with van der Waals surface area (Å²) in [7, 11) is 0. The number of allylic oxidation sites excluding steroid dienone is 1. The number of aliphatic imine (C=N–C) groups is 2. The molecule has 8 heteroatoms. The van der Waals surface area contributed by atoms with Crippen LogP contribution in [0.4, 0.5) is 0 Å². The molecule has 0 aromatic heterocycles. The van der Waals surface area contributed by atoms with Crippen LogP contribution >= 0.6 is 0 Å². The molecule has 0 spiro atoms. The first kappa shape index (κ1) is 37.9. The van der Waals surface area contributed by atoms with Crippen molar-refractivity contribution in [1.29, 1.82) is 0 Å². The molecule has 0 saturated heterocycles. The van der Waals surface area contributed by atoms with Crippen molar-refractivity contribution in [3.8, 4) is 33.8 Å². The SMILES string of the molecule is CCC1=C(c2ccc(-c3ccccc3)cc2)N=C(c2ccc(-c3ccccc3)cc2)N=C(c2ccc(OC(C)C(=O)OCC(CC)(CO)CO)cc2O)C1. The van der Waals surface area contributed by atoms with Crippen molar-refractivity contribution in [1.82, 2.24) is 0 Å². The van der Waals surface area contributed by atoms with Crippen molar-refractivity contribution in [2.24, 2.45) is 15.4 Å². The highest BCUT2D eigenvalue weighted by atomic mass is 16.6. The van der Waals surface area contributed by atoms with Crippen LogP contribution in [0.3, 0.4) is 0 Å². The number of hydrogen-bond acceptors (Lipinski definition) is 8. The first-order chi connectivity index (χ1) is 26.3. The molecule has 5 aromatic carbocycles. The number of aliphatic hydroxyl groups excluding tert-OH is 2. The first-order valence-corrected chi connectivity index (χ1v) is 18.3. The van der Waals surface area contributed by atoms with Gasteiger partial charge in [0.25, 0.3) is 0 Å². The lowest BCUT2D eigenvalue weighted by atomic mass is 9.88. The Kier molecular flexibility index (Phi) is 12.2. The van der Waals surface area contributed by atoms with Crippen LogP contribution in [0.25, 0.3) is 28.0 Å². The molecule has 1 aliphatic heterocycles. The van der Waals surface area contributed by atoms with E-state index in [0.717, 1.165) is 44.7 Å². The molecule has 8 nitrogen and oxygen atoms in total. The van der Waals surface area contributed by atoms with Crippen molar-refractivity contribution in [2.45, 2.75) is 46.1 Å². The van der Waals surface area contributed by atoms with Gasteiger partial charge in [-0.25, -0.2) is 14.8 Å². The summed E-state index contributed by atoms with van der Waals surface area (Å²) in [5.41, 5.74) is 8.43. The van der Waals surface area contributed by atoms with Crippen LogP contribution < -0.4 is 4.74 Å². The number of phenols is 1. The molecule has 0 fully saturated rings. The highest BCUT2D eigenvalue weighted by Gasteiger charge is 2.30. The van der Waals surface area contributed by atoms with E-state index >= 15 is 0 Å². The van der Waals surface area contributed by atoms with Crippen molar-refractivity contribution >= 4 is 23.2 Å². The summed E-state index contributed by atoms with van der Waals surface area (Å²) in [6, 6.07) is 42.0. The molecule has 276 valence electrons. The second-order valence-corrected chi connectivity index (χ2v) is 13.6. The van der Waals surface area contributed by atoms with Gasteiger partial charge in [-0.05, 0) is 59.7 Å². The second-order valence-electron chi connectivity index (χ2n) is 13.6. The van der Waals surface area contributed by atoms with Crippen LogP contribution in [-0.2, 0) is 9.53 Å². The number of esters is 1. The van der Waals surface area contributed by atoms with Gasteiger partial charge >= 0.3 is 5.97 Å². The lowest BCUT2D eigenvalue weighted by Crippen LogP contribution is -2.37. The standard InChI is InChI=1S/C46H46N2O6/c1-4-32-26-41(40-25-24-39(27-42(40)51)54-31(3)45(52)53-30-46(5-2,28-49)29-50)47-44(38-22-18-36(19-23-38)34-14-10-7-11-15-34)48-43(32)37-20-16-35(17-21-37)33-12-8-6-9-13-33/h6-25,27,31,49-51H,4-5,26,28-30H2,1-3H3. The van der Waals surface area contributed by atoms with Crippen LogP contribution in [0.5, 0.6) is 11.5 Å². The number of carbonyl (C=O) groups is 1. The average Bonchev–Trinajstić information content (AvgIpc) is 3.42. The first-order valence-electron chi connectivity index (χ1n) is 18.3. The van der Waals surface area contributed by atoms with Crippen LogP contribution in [0, 0.1) is 5.41 Å². The predicted molar refractivity (Wildman–Crippen MR) is 215 cm³/mol. The largest absolute Gasteiger partial charge is 0.507 e. The zero-order valence-electron chi connectivity index (χ0n) is 30.9. The molecule has 0 aliphatic carbocycles. The number of phenolic OH excluding ortho intramolecular Hbond substituents is 1. The number of benzene rings is 5. The van der Waals surface area contributed by atoms with E-state index in [9.17, 15) is 20.1 Å². The average molecular weight is 723 g/mol. The minimum absolute atomic E-state index is 0.0535. The van der Waals surface area contributed by atoms with Gasteiger partial charge < -0.3 is 24.8 Å². The maximum atomic E-state index is 12.7. The summed E-state index contributed by atoms with van der Waals surface area (Å²) in [5, 5.41) is 30.8. The topological polar surface area (TPSA) is 121 Å². The molecule has 0 bridgehead atoms. The van der Waals surface area contributed by atoms with Crippen molar-refractivity contribution in [3.63, 3.8) is 0 Å². The van der Waals surface area contributed by atoms with Crippen molar-refractivity contribution in [2.75, 3.05) is 19.8 Å². The summed E-state index contributed by atoms with van der Waals surface area (Å²) in [6.07, 6.45) is 0.600. The lowest BCUT2D eigenvalue weighted by molar-refractivity contribution is -0.157. The highest BCUT2D eigenvalue weighted by molar-refractivity contribution is 6.16. The van der Waals surface area contributed by atoms with Crippen LogP contribution in [0.1, 0.15) is 56.7 Å². The Balaban J connectivity index is 1.32. The molecule has 0 radical (unpaired) electrons. The fourth-order valence-electron chi connectivity index (χ4n) is 6.29. The van der Waals surface area contributed by atoms with E-state index in [4.69, 9.17) is 19.5 Å². The third-order valence-corrected chi connectivity index (χ3v) is 9.98. The quantitative estimate of drug-likeness (QED) is 0.0985. The number of aromatic hydroxyl groups is 1. The fraction of sp³-hybridized carbons (Fsp3) is 0.239. The predicted octanol–water partition coefficient (Wildman–Crippen LogP) is 8.88. The molecule has 54 heavy (non-hydrogen) atoms. The molecule has 0 saturated carbocycles. The minimum atomic E-state index is -1.000. The van der Waals surface area contributed by atoms with Crippen molar-refractivity contribution in [3.05, 3.63) is 150 Å². The second kappa shape index (κ2) is 17.3. The Labute approximate surface area is 316 Å². The maximum absolute atomic E-state index is 12.7. The highest BCUT2D eigenvalue weighted by Crippen LogP contribution is 2.34. The van der Waals surface area contributed by atoms with Crippen LogP contribution in [-0.4, -0.2) is 58.8 Å². The van der Waals surface area contributed by atoms with Gasteiger partial charge in [-0.2, -0.15) is 0 Å². The zero-order valence-corrected chi connectivity index (χ0v) is 30.9. The molecule has 1 atom stereocenters. The minimum Gasteiger partial charge on any atom is -0.507 e. The maximum Gasteiger partial charge on any atom is 0.347 e. The third-order valence-electron chi connectivity index (χ3n) is 9.98. The van der Waals surface area contributed by atoms with Gasteiger partial charge in [-0.3, -0.25) is 0 Å². The van der Waals surface area contributed by atoms with E-state index in [1.54, 1.807) is 19.1 Å². The molecule has 1 heterocycles. The van der Waals surface area contributed by atoms with Gasteiger partial charge in [0, 0.05) is 29.2 Å². The summed E-state index contributed by atoms with van der Waals surface area (Å²) in [6.45, 7) is 4.69. The number of hydrogen-bond donors (Lipinski definition) is 3. The Morgan fingerprint density at radius 3 is 1.78 bits per heavy atom. The molecule has 1 aliphatic rings. The number of aliphatic hydroxyl groups is 2. The zero-order chi connectivity index (χ0) is 38.1. The summed E-state index contributed by atoms with van der Waals surface area (Å²) in [4.78, 5) is 23.1. The van der Waals surface area contributed by atoms with Crippen molar-refractivity contribution < 1.29 is 29.6 Å². The number of nitrogens with zero attached hydrogens (tertiary/aromatic N) is 2. The van der Waals surface area contributed by atoms with Gasteiger partial charge in [0.05, 0.1) is 30.0 Å². The molecule has 5 aromatic rings. The van der Waals surface area contributed by atoms with Gasteiger partial charge in [-0.1, -0.05) is 123 Å². The van der Waals surface area contributed by atoms with Crippen LogP contribution in [0.15, 0.2) is 143 Å². The molecule has 3 N–H and O–H groups in total. The van der Waals surface area contributed by atoms with Gasteiger partial charge in [-0.15, -0.1) is 0 Å². The van der Waals surface area contributed by atoms with E-state index in [1.165, 1.54) is 6.07 Å². The third kappa shape index (κ3) is 8.68. The summed E-state index contributed by atoms with van der Waals surface area (Å²) in [5.74, 6) is 0.104. The lowest BCUT2D eigenvalue weighted by Gasteiger charge is -2.28. The number of ether oxygens (including phenoxy) is 2. The molecular weight excluding hydrogens is 677 g/mol. The number of carbonyl (C=O) groups excluding carboxylic acids is 1. The van der Waals surface area contributed by atoms with Gasteiger partial charge in [0.2, 0.25) is 0 Å². The molecular formula is C46H46N2O6. The Bertz CT molecular complexity index is 2130. The van der Waals surface area contributed by atoms with Gasteiger partial charge in [0.15, 0.2) is 11.9 Å². The Morgan fingerprint density at radius 1 is 0.722 bits per heavy atom. The van der Waals surface area contributed by atoms with E-state index in [1.807, 2.05) is 55.5 Å². The molecule has 6 rings (SSSR count). The van der Waals surface area contributed by atoms with E-state index in [0.29, 0.717) is 36.4 Å². The normalized spacial score (nSPS) is 13.8. The Hall–Kier alpha value is -5.83. The monoisotopic (exact) mass is 722 g/mol. The van der Waals surface area contributed by atoms with E-state index in [-0.39, 0.29) is 31.3 Å². The van der Waals surface area contributed by atoms with E-state index < -0.39 is 17.5 Å². The fourth-order valence-corrected chi connectivity index (χ4v) is 6.29.